The van der Waals surface area contributed by atoms with Gasteiger partial charge < -0.3 is 0 Å². The Balaban J connectivity index is 2.72. The Morgan fingerprint density at radius 2 is 2.20 bits per heavy atom. The van der Waals surface area contributed by atoms with Crippen molar-refractivity contribution in [3.8, 4) is 0 Å². The number of thiazole rings is 1. The average Bonchev–Trinajstić information content (AvgIpc) is 2.62. The van der Waals surface area contributed by atoms with Crippen LogP contribution in [0.2, 0.25) is 0 Å². The van der Waals surface area contributed by atoms with Gasteiger partial charge in [0.15, 0.2) is 10.8 Å². The molecule has 0 atom stereocenters. The lowest BCUT2D eigenvalue weighted by molar-refractivity contribution is -0.137. The van der Waals surface area contributed by atoms with Gasteiger partial charge in [0.05, 0.1) is 4.88 Å². The van der Waals surface area contributed by atoms with Crippen molar-refractivity contribution in [1.29, 1.82) is 0 Å². The van der Waals surface area contributed by atoms with E-state index < -0.39 is 11.2 Å². The van der Waals surface area contributed by atoms with Gasteiger partial charge in [0.25, 0.3) is 0 Å². The van der Waals surface area contributed by atoms with Gasteiger partial charge in [0.1, 0.15) is 0 Å². The molecule has 1 rings (SSSR count). The van der Waals surface area contributed by atoms with E-state index in [2.05, 4.69) is 4.98 Å². The van der Waals surface area contributed by atoms with Gasteiger partial charge in [-0.25, -0.2) is 4.98 Å². The lowest BCUT2D eigenvalue weighted by Crippen LogP contribution is -2.03. The van der Waals surface area contributed by atoms with Crippen LogP contribution in [0.4, 0.5) is 13.2 Å². The van der Waals surface area contributed by atoms with E-state index in [0.717, 1.165) is 6.20 Å². The Labute approximate surface area is 93.1 Å². The second kappa shape index (κ2) is 4.94. The molecule has 0 saturated heterocycles. The number of halogens is 4. The third-order valence-corrected chi connectivity index (χ3v) is 2.91. The van der Waals surface area contributed by atoms with Crippen LogP contribution in [0.25, 0.3) is 0 Å². The monoisotopic (exact) mass is 257 g/mol. The molecule has 0 aromatic carbocycles. The number of carbonyl (C=O) groups is 1. The lowest BCUT2D eigenvalue weighted by atomic mass is 10.2. The molecular weight excluding hydrogens is 251 g/mol. The predicted molar refractivity (Wildman–Crippen MR) is 51.4 cm³/mol. The first-order chi connectivity index (χ1) is 6.95. The van der Waals surface area contributed by atoms with E-state index in [0.29, 0.717) is 23.6 Å². The Bertz CT molecular complexity index is 350. The number of aromatic nitrogens is 1. The zero-order chi connectivity index (χ0) is 11.5. The van der Waals surface area contributed by atoms with Gasteiger partial charge in [0, 0.05) is 18.5 Å². The Kier molecular flexibility index (Phi) is 4.10. The van der Waals surface area contributed by atoms with Crippen molar-refractivity contribution in [1.82, 2.24) is 4.98 Å². The Hall–Kier alpha value is -0.620. The Morgan fingerprint density at radius 3 is 2.67 bits per heavy atom. The van der Waals surface area contributed by atoms with Gasteiger partial charge >= 0.3 is 6.18 Å². The molecule has 84 valence electrons. The zero-order valence-corrected chi connectivity index (χ0v) is 9.05. The molecule has 0 fully saturated rings. The summed E-state index contributed by atoms with van der Waals surface area (Å²) in [5.41, 5.74) is 0. The van der Waals surface area contributed by atoms with Crippen LogP contribution in [0.5, 0.6) is 0 Å². The molecule has 1 aromatic heterocycles. The first kappa shape index (κ1) is 12.4. The molecule has 0 aliphatic rings. The van der Waals surface area contributed by atoms with Gasteiger partial charge in [-0.15, -0.1) is 22.9 Å². The third kappa shape index (κ3) is 3.46. The second-order valence-corrected chi connectivity index (χ2v) is 4.15. The van der Waals surface area contributed by atoms with Crippen LogP contribution in [0.15, 0.2) is 6.20 Å². The number of hydrogen-bond acceptors (Lipinski definition) is 3. The summed E-state index contributed by atoms with van der Waals surface area (Å²) >= 11 is 5.74. The van der Waals surface area contributed by atoms with Crippen LogP contribution in [0, 0.1) is 0 Å². The van der Waals surface area contributed by atoms with E-state index in [-0.39, 0.29) is 17.1 Å². The molecule has 1 aromatic rings. The number of nitrogens with zero attached hydrogens (tertiary/aromatic N) is 1. The average molecular weight is 258 g/mol. The summed E-state index contributed by atoms with van der Waals surface area (Å²) in [6, 6.07) is 0. The summed E-state index contributed by atoms with van der Waals surface area (Å²) < 4.78 is 36.4. The van der Waals surface area contributed by atoms with Gasteiger partial charge in [-0.1, -0.05) is 0 Å². The SMILES string of the molecule is O=C(CCCCl)c1cnc(C(F)(F)F)s1. The van der Waals surface area contributed by atoms with Crippen molar-refractivity contribution in [2.45, 2.75) is 19.0 Å². The van der Waals surface area contributed by atoms with Crippen LogP contribution in [0.1, 0.15) is 27.5 Å². The molecule has 2 nitrogen and oxygen atoms in total. The molecule has 0 spiro atoms. The maximum Gasteiger partial charge on any atom is 0.443 e. The number of alkyl halides is 4. The maximum absolute atomic E-state index is 12.1. The van der Waals surface area contributed by atoms with Gasteiger partial charge in [-0.3, -0.25) is 4.79 Å². The number of hydrogen-bond donors (Lipinski definition) is 0. The highest BCUT2D eigenvalue weighted by Crippen LogP contribution is 2.32. The molecular formula is C8H7ClF3NOS. The van der Waals surface area contributed by atoms with Crippen LogP contribution >= 0.6 is 22.9 Å². The molecule has 0 aliphatic heterocycles. The van der Waals surface area contributed by atoms with Crippen LogP contribution in [-0.2, 0) is 6.18 Å². The minimum absolute atomic E-state index is 0.0347. The maximum atomic E-state index is 12.1. The molecule has 0 N–H and O–H groups in total. The fourth-order valence-corrected chi connectivity index (χ4v) is 1.77. The molecule has 0 saturated carbocycles. The van der Waals surface area contributed by atoms with Crippen LogP contribution < -0.4 is 0 Å². The molecule has 0 unspecified atom stereocenters. The molecule has 0 bridgehead atoms. The third-order valence-electron chi connectivity index (χ3n) is 1.56. The van der Waals surface area contributed by atoms with Gasteiger partial charge in [0.2, 0.25) is 0 Å². The predicted octanol–water partition coefficient (Wildman–Crippen LogP) is 3.36. The quantitative estimate of drug-likeness (QED) is 0.611. The van der Waals surface area contributed by atoms with E-state index in [1.54, 1.807) is 0 Å². The molecule has 0 amide bonds. The van der Waals surface area contributed by atoms with E-state index in [1.807, 2.05) is 0 Å². The van der Waals surface area contributed by atoms with Crippen molar-refractivity contribution in [2.75, 3.05) is 5.88 Å². The van der Waals surface area contributed by atoms with Gasteiger partial charge in [-0.05, 0) is 6.42 Å². The highest BCUT2D eigenvalue weighted by atomic mass is 35.5. The van der Waals surface area contributed by atoms with Crippen molar-refractivity contribution in [3.63, 3.8) is 0 Å². The second-order valence-electron chi connectivity index (χ2n) is 2.74. The smallest absolute Gasteiger partial charge is 0.293 e. The van der Waals surface area contributed by atoms with Gasteiger partial charge in [-0.2, -0.15) is 13.2 Å². The van der Waals surface area contributed by atoms with Crippen LogP contribution in [0.3, 0.4) is 0 Å². The fourth-order valence-electron chi connectivity index (χ4n) is 0.885. The first-order valence-corrected chi connectivity index (χ1v) is 5.42. The normalized spacial score (nSPS) is 11.7. The molecule has 1 heterocycles. The summed E-state index contributed by atoms with van der Waals surface area (Å²) in [5, 5.41) is -0.989. The topological polar surface area (TPSA) is 30.0 Å². The van der Waals surface area contributed by atoms with Crippen molar-refractivity contribution in [2.24, 2.45) is 0 Å². The lowest BCUT2D eigenvalue weighted by Gasteiger charge is -1.98. The van der Waals surface area contributed by atoms with E-state index in [9.17, 15) is 18.0 Å². The molecule has 7 heteroatoms. The highest BCUT2D eigenvalue weighted by molar-refractivity contribution is 7.13. The fraction of sp³-hybridized carbons (Fsp3) is 0.500. The molecule has 0 aliphatic carbocycles. The van der Waals surface area contributed by atoms with Crippen molar-refractivity contribution < 1.29 is 18.0 Å². The summed E-state index contributed by atoms with van der Waals surface area (Å²) in [6.45, 7) is 0. The van der Waals surface area contributed by atoms with E-state index >= 15 is 0 Å². The van der Waals surface area contributed by atoms with E-state index in [1.165, 1.54) is 0 Å². The summed E-state index contributed by atoms with van der Waals surface area (Å²) in [6.07, 6.45) is -2.90. The summed E-state index contributed by atoms with van der Waals surface area (Å²) in [7, 11) is 0. The summed E-state index contributed by atoms with van der Waals surface area (Å²) in [5.74, 6) is -0.0277. The van der Waals surface area contributed by atoms with E-state index in [4.69, 9.17) is 11.6 Å². The standard InChI is InChI=1S/C8H7ClF3NOS/c9-3-1-2-5(14)6-4-13-7(15-6)8(10,11)12/h4H,1-3H2. The molecule has 0 radical (unpaired) electrons. The van der Waals surface area contributed by atoms with Crippen LogP contribution in [-0.4, -0.2) is 16.6 Å². The highest BCUT2D eigenvalue weighted by Gasteiger charge is 2.35. The molecule has 15 heavy (non-hydrogen) atoms. The summed E-state index contributed by atoms with van der Waals surface area (Å²) in [4.78, 5) is 14.5. The zero-order valence-electron chi connectivity index (χ0n) is 7.47. The Morgan fingerprint density at radius 1 is 1.53 bits per heavy atom. The first-order valence-electron chi connectivity index (χ1n) is 4.07. The number of rotatable bonds is 4. The number of ketones is 1. The van der Waals surface area contributed by atoms with Crippen molar-refractivity contribution in [3.05, 3.63) is 16.1 Å². The minimum atomic E-state index is -4.48. The van der Waals surface area contributed by atoms with Crippen molar-refractivity contribution >= 4 is 28.7 Å². The number of Topliss-reactive ketones (excluding diaryl/α,β-unsaturated/α-hetero) is 1. The minimum Gasteiger partial charge on any atom is -0.293 e. The number of carbonyl (C=O) groups excluding carboxylic acids is 1. The largest absolute Gasteiger partial charge is 0.443 e.